The Kier molecular flexibility index (Phi) is 9.45. The van der Waals surface area contributed by atoms with Crippen molar-refractivity contribution in [2.75, 3.05) is 26.4 Å². The molecule has 240 valence electrons. The number of ketones is 1. The quantitative estimate of drug-likeness (QED) is 0.146. The lowest BCUT2D eigenvalue weighted by Crippen LogP contribution is -2.52. The Hall–Kier alpha value is -2.61. The van der Waals surface area contributed by atoms with E-state index in [0.717, 1.165) is 0 Å². The number of epoxide rings is 4. The second kappa shape index (κ2) is 12.8. The number of carbonyl (C=O) groups excluding carboxylic acids is 1. The van der Waals surface area contributed by atoms with Crippen LogP contribution in [0.1, 0.15) is 70.6 Å². The van der Waals surface area contributed by atoms with Crippen molar-refractivity contribution in [2.45, 2.75) is 95.0 Å². The van der Waals surface area contributed by atoms with Gasteiger partial charge >= 0.3 is 23.9 Å². The van der Waals surface area contributed by atoms with Gasteiger partial charge in [0.25, 0.3) is 0 Å². The molecule has 0 aromatic rings. The lowest BCUT2D eigenvalue weighted by molar-refractivity contribution is -0.158. The number of carboxylic acid groups (broad SMARTS) is 4. The largest absolute Gasteiger partial charge is 0.481 e. The summed E-state index contributed by atoms with van der Waals surface area (Å²) in [5.74, 6) is -8.77. The molecule has 8 atom stereocenters. The standard InChI is InChI=1S/C30H42O13/c31-24(32)16(4-20-12-40-20)8-29(9-17(25(33)34)5-21-13-41-21)2-1-3-30(28(29)39,10-18(26(35)36)6-22-14-42-22)11-19(27(37)38)7-23-15-43-23/h16-23H,1-15H2,(H,31,32)(H,33,34)(H,35,36)(H,37,38). The molecule has 13 heteroatoms. The van der Waals surface area contributed by atoms with Gasteiger partial charge in [0.1, 0.15) is 5.78 Å². The molecule has 1 saturated carbocycles. The van der Waals surface area contributed by atoms with E-state index in [4.69, 9.17) is 18.9 Å². The Bertz CT molecular complexity index is 938. The molecule has 0 amide bonds. The van der Waals surface area contributed by atoms with Gasteiger partial charge in [0.15, 0.2) is 0 Å². The van der Waals surface area contributed by atoms with E-state index in [2.05, 4.69) is 0 Å². The van der Waals surface area contributed by atoms with Crippen LogP contribution in [0.2, 0.25) is 0 Å². The van der Waals surface area contributed by atoms with E-state index in [1.54, 1.807) is 0 Å². The van der Waals surface area contributed by atoms with E-state index in [1.807, 2.05) is 0 Å². The molecular weight excluding hydrogens is 568 g/mol. The number of carbonyl (C=O) groups is 5. The van der Waals surface area contributed by atoms with Crippen molar-refractivity contribution in [3.63, 3.8) is 0 Å². The number of rotatable bonds is 20. The SMILES string of the molecule is O=C(O)C(CC1CO1)CC1(CC(CC2CO2)C(=O)O)CCCC(CC(CC2CO2)C(=O)O)(CC(CC2CO2)C(=O)O)C1=O. The Morgan fingerprint density at radius 2 is 0.791 bits per heavy atom. The summed E-state index contributed by atoms with van der Waals surface area (Å²) in [7, 11) is 0. The van der Waals surface area contributed by atoms with Crippen LogP contribution >= 0.6 is 0 Å². The van der Waals surface area contributed by atoms with Crippen LogP contribution in [0.15, 0.2) is 0 Å². The molecule has 0 aromatic carbocycles. The average Bonchev–Trinajstić information content (AvgIpc) is 3.73. The van der Waals surface area contributed by atoms with Crippen LogP contribution in [0, 0.1) is 34.5 Å². The van der Waals surface area contributed by atoms with Gasteiger partial charge in [-0.3, -0.25) is 24.0 Å². The second-order valence-electron chi connectivity index (χ2n) is 13.5. The molecule has 5 rings (SSSR count). The summed E-state index contributed by atoms with van der Waals surface area (Å²) in [5, 5.41) is 40.7. The molecule has 4 heterocycles. The van der Waals surface area contributed by atoms with Crippen molar-refractivity contribution in [3.05, 3.63) is 0 Å². The highest BCUT2D eigenvalue weighted by atomic mass is 16.6. The number of aliphatic carboxylic acids is 4. The summed E-state index contributed by atoms with van der Waals surface area (Å²) in [6.45, 7) is 1.66. The van der Waals surface area contributed by atoms with E-state index in [1.165, 1.54) is 0 Å². The van der Waals surface area contributed by atoms with Crippen LogP contribution in [0.3, 0.4) is 0 Å². The van der Waals surface area contributed by atoms with E-state index in [9.17, 15) is 39.6 Å². The first-order valence-corrected chi connectivity index (χ1v) is 15.3. The summed E-state index contributed by atoms with van der Waals surface area (Å²) < 4.78 is 21.2. The normalized spacial score (nSPS) is 35.3. The molecule has 5 aliphatic rings. The lowest BCUT2D eigenvalue weighted by Gasteiger charge is -2.50. The minimum atomic E-state index is -1.40. The van der Waals surface area contributed by atoms with Crippen molar-refractivity contribution in [1.29, 1.82) is 0 Å². The molecule has 0 spiro atoms. The van der Waals surface area contributed by atoms with E-state index >= 15 is 4.79 Å². The van der Waals surface area contributed by atoms with Crippen LogP contribution in [-0.4, -0.2) is 101 Å². The molecule has 43 heavy (non-hydrogen) atoms. The Morgan fingerprint density at radius 3 is 0.977 bits per heavy atom. The fourth-order valence-corrected chi connectivity index (χ4v) is 7.56. The zero-order valence-corrected chi connectivity index (χ0v) is 24.2. The number of hydrogen-bond acceptors (Lipinski definition) is 9. The minimum Gasteiger partial charge on any atom is -0.481 e. The zero-order chi connectivity index (χ0) is 30.9. The third-order valence-electron chi connectivity index (χ3n) is 10.0. The van der Waals surface area contributed by atoms with Gasteiger partial charge < -0.3 is 39.4 Å². The Morgan fingerprint density at radius 1 is 0.558 bits per heavy atom. The maximum atomic E-state index is 15.1. The smallest absolute Gasteiger partial charge is 0.306 e. The maximum absolute atomic E-state index is 15.1. The fourth-order valence-electron chi connectivity index (χ4n) is 7.56. The first kappa shape index (κ1) is 31.8. The summed E-state index contributed by atoms with van der Waals surface area (Å²) in [6.07, 6.45) is 0.114. The first-order chi connectivity index (χ1) is 20.4. The molecule has 0 radical (unpaired) electrons. The predicted octanol–water partition coefficient (Wildman–Crippen LogP) is 2.23. The maximum Gasteiger partial charge on any atom is 0.306 e. The van der Waals surface area contributed by atoms with Gasteiger partial charge in [0.2, 0.25) is 0 Å². The van der Waals surface area contributed by atoms with Crippen molar-refractivity contribution in [3.8, 4) is 0 Å². The average molecular weight is 611 g/mol. The first-order valence-electron chi connectivity index (χ1n) is 15.3. The second-order valence-corrected chi connectivity index (χ2v) is 13.5. The summed E-state index contributed by atoms with van der Waals surface area (Å²) in [4.78, 5) is 64.9. The van der Waals surface area contributed by atoms with Crippen molar-refractivity contribution in [2.24, 2.45) is 34.5 Å². The van der Waals surface area contributed by atoms with Gasteiger partial charge in [0.05, 0.1) is 74.5 Å². The Balaban J connectivity index is 1.53. The molecule has 4 aliphatic heterocycles. The van der Waals surface area contributed by atoms with Gasteiger partial charge in [-0.25, -0.2) is 0 Å². The van der Waals surface area contributed by atoms with Crippen molar-refractivity contribution in [1.82, 2.24) is 0 Å². The number of carboxylic acids is 4. The number of ether oxygens (including phenoxy) is 4. The van der Waals surface area contributed by atoms with Crippen LogP contribution in [0.5, 0.6) is 0 Å². The summed E-state index contributed by atoms with van der Waals surface area (Å²) in [5.41, 5.74) is -2.79. The number of Topliss-reactive ketones (excluding diaryl/α,β-unsaturated/α-hetero) is 1. The van der Waals surface area contributed by atoms with Gasteiger partial charge in [-0.15, -0.1) is 0 Å². The molecular formula is C30H42O13. The van der Waals surface area contributed by atoms with Gasteiger partial charge in [-0.1, -0.05) is 6.42 Å². The molecule has 0 bridgehead atoms. The molecule has 0 aromatic heterocycles. The van der Waals surface area contributed by atoms with Crippen LogP contribution < -0.4 is 0 Å². The molecule has 1 aliphatic carbocycles. The van der Waals surface area contributed by atoms with E-state index in [0.29, 0.717) is 32.8 Å². The van der Waals surface area contributed by atoms with Crippen molar-refractivity contribution < 1.29 is 63.3 Å². The molecule has 8 unspecified atom stereocenters. The van der Waals surface area contributed by atoms with Crippen LogP contribution in [0.25, 0.3) is 0 Å². The minimum absolute atomic E-state index is 0.120. The molecule has 4 saturated heterocycles. The van der Waals surface area contributed by atoms with Gasteiger partial charge in [-0.05, 0) is 64.2 Å². The third-order valence-corrected chi connectivity index (χ3v) is 10.0. The van der Waals surface area contributed by atoms with Crippen molar-refractivity contribution >= 4 is 29.7 Å². The van der Waals surface area contributed by atoms with Crippen LogP contribution in [-0.2, 0) is 42.9 Å². The summed E-state index contributed by atoms with van der Waals surface area (Å²) >= 11 is 0. The third kappa shape index (κ3) is 8.31. The molecule has 13 nitrogen and oxygen atoms in total. The topological polar surface area (TPSA) is 216 Å². The van der Waals surface area contributed by atoms with Gasteiger partial charge in [-0.2, -0.15) is 0 Å². The summed E-state index contributed by atoms with van der Waals surface area (Å²) in [6, 6.07) is 0. The highest BCUT2D eigenvalue weighted by molar-refractivity contribution is 5.93. The van der Waals surface area contributed by atoms with Crippen LogP contribution in [0.4, 0.5) is 0 Å². The monoisotopic (exact) mass is 610 g/mol. The molecule has 5 fully saturated rings. The lowest BCUT2D eigenvalue weighted by atomic mass is 9.52. The zero-order valence-electron chi connectivity index (χ0n) is 24.2. The predicted molar refractivity (Wildman–Crippen MR) is 144 cm³/mol. The molecule has 4 N–H and O–H groups in total. The van der Waals surface area contributed by atoms with E-state index in [-0.39, 0.29) is 88.6 Å². The highest BCUT2D eigenvalue weighted by Crippen LogP contribution is 2.56. The van der Waals surface area contributed by atoms with E-state index < -0.39 is 64.2 Å². The highest BCUT2D eigenvalue weighted by Gasteiger charge is 2.58. The number of hydrogen-bond donors (Lipinski definition) is 4. The van der Waals surface area contributed by atoms with Gasteiger partial charge in [0, 0.05) is 10.8 Å². The Labute approximate surface area is 249 Å². The fraction of sp³-hybridized carbons (Fsp3) is 0.833.